The van der Waals surface area contributed by atoms with Gasteiger partial charge in [0, 0.05) is 30.1 Å². The van der Waals surface area contributed by atoms with E-state index in [2.05, 4.69) is 16.0 Å². The van der Waals surface area contributed by atoms with Crippen molar-refractivity contribution in [2.75, 3.05) is 27.3 Å². The summed E-state index contributed by atoms with van der Waals surface area (Å²) in [5.41, 5.74) is 1.81. The summed E-state index contributed by atoms with van der Waals surface area (Å²) in [6, 6.07) is 15.6. The number of fused-ring (bicyclic) bond motifs is 2. The van der Waals surface area contributed by atoms with Crippen LogP contribution >= 0.6 is 11.6 Å². The van der Waals surface area contributed by atoms with Gasteiger partial charge in [0.25, 0.3) is 0 Å². The molecule has 6 heteroatoms. The van der Waals surface area contributed by atoms with Crippen molar-refractivity contribution in [1.82, 2.24) is 9.88 Å². The fourth-order valence-corrected chi connectivity index (χ4v) is 3.47. The first kappa shape index (κ1) is 17.9. The molecular weight excluding hydrogens is 364 g/mol. The van der Waals surface area contributed by atoms with E-state index in [0.29, 0.717) is 18.3 Å². The molecule has 27 heavy (non-hydrogen) atoms. The maximum absolute atomic E-state index is 6.42. The number of pyridine rings is 1. The summed E-state index contributed by atoms with van der Waals surface area (Å²) in [6.07, 6.45) is -0.0265. The topological polar surface area (TPSA) is 43.8 Å². The van der Waals surface area contributed by atoms with Crippen molar-refractivity contribution in [3.63, 3.8) is 0 Å². The van der Waals surface area contributed by atoms with Gasteiger partial charge in [-0.05, 0) is 37.4 Å². The number of aromatic nitrogens is 1. The van der Waals surface area contributed by atoms with Crippen molar-refractivity contribution in [2.45, 2.75) is 12.6 Å². The standard InChI is InChI=1S/C21H21ClN2O3/c1-24(12-17-13-26-19-5-3-4-6-20(19)27-17)11-15-9-14-7-8-16(25-2)10-18(14)23-21(15)22/h3-10,17H,11-13H2,1-2H3. The smallest absolute Gasteiger partial charge is 0.161 e. The Morgan fingerprint density at radius 2 is 2.00 bits per heavy atom. The number of rotatable bonds is 5. The van der Waals surface area contributed by atoms with Crippen molar-refractivity contribution in [1.29, 1.82) is 0 Å². The average Bonchev–Trinajstić information content (AvgIpc) is 2.68. The fraction of sp³-hybridized carbons (Fsp3) is 0.286. The zero-order valence-corrected chi connectivity index (χ0v) is 16.1. The SMILES string of the molecule is COc1ccc2cc(CN(C)CC3COc4ccccc4O3)c(Cl)nc2c1. The number of hydrogen-bond donors (Lipinski definition) is 0. The summed E-state index contributed by atoms with van der Waals surface area (Å²) in [4.78, 5) is 6.68. The van der Waals surface area contributed by atoms with Gasteiger partial charge >= 0.3 is 0 Å². The highest BCUT2D eigenvalue weighted by molar-refractivity contribution is 6.30. The minimum absolute atomic E-state index is 0.0265. The lowest BCUT2D eigenvalue weighted by atomic mass is 10.1. The normalized spacial score (nSPS) is 15.9. The first-order valence-electron chi connectivity index (χ1n) is 8.82. The molecule has 0 aliphatic carbocycles. The second-order valence-electron chi connectivity index (χ2n) is 6.69. The molecule has 1 aliphatic rings. The minimum Gasteiger partial charge on any atom is -0.497 e. The summed E-state index contributed by atoms with van der Waals surface area (Å²) in [5, 5.41) is 1.54. The lowest BCUT2D eigenvalue weighted by Gasteiger charge is -2.29. The number of methoxy groups -OCH3 is 1. The van der Waals surface area contributed by atoms with E-state index in [4.69, 9.17) is 25.8 Å². The van der Waals surface area contributed by atoms with Gasteiger partial charge in [-0.15, -0.1) is 0 Å². The Morgan fingerprint density at radius 3 is 2.81 bits per heavy atom. The summed E-state index contributed by atoms with van der Waals surface area (Å²) < 4.78 is 17.1. The van der Waals surface area contributed by atoms with Gasteiger partial charge in [0.05, 0.1) is 12.6 Å². The molecule has 0 radical (unpaired) electrons. The summed E-state index contributed by atoms with van der Waals surface area (Å²) in [7, 11) is 3.68. The molecule has 0 spiro atoms. The molecule has 1 aromatic heterocycles. The summed E-state index contributed by atoms with van der Waals surface area (Å²) in [5.74, 6) is 2.36. The first-order chi connectivity index (χ1) is 13.1. The zero-order chi connectivity index (χ0) is 18.8. The number of hydrogen-bond acceptors (Lipinski definition) is 5. The molecule has 0 saturated heterocycles. The fourth-order valence-electron chi connectivity index (χ4n) is 3.26. The Kier molecular flexibility index (Phi) is 5.05. The Balaban J connectivity index is 1.45. The maximum atomic E-state index is 6.42. The van der Waals surface area contributed by atoms with Gasteiger partial charge < -0.3 is 14.2 Å². The number of halogens is 1. The van der Waals surface area contributed by atoms with Gasteiger partial charge in [-0.3, -0.25) is 4.90 Å². The summed E-state index contributed by atoms with van der Waals surface area (Å²) in [6.45, 7) is 1.94. The van der Waals surface area contributed by atoms with E-state index in [1.54, 1.807) is 7.11 Å². The van der Waals surface area contributed by atoms with E-state index in [9.17, 15) is 0 Å². The van der Waals surface area contributed by atoms with Crippen molar-refractivity contribution < 1.29 is 14.2 Å². The lowest BCUT2D eigenvalue weighted by molar-refractivity contribution is 0.0638. The molecule has 5 nitrogen and oxygen atoms in total. The second kappa shape index (κ2) is 7.62. The van der Waals surface area contributed by atoms with Crippen LogP contribution in [-0.4, -0.2) is 43.3 Å². The molecular formula is C21H21ClN2O3. The second-order valence-corrected chi connectivity index (χ2v) is 7.05. The molecule has 2 aromatic carbocycles. The third kappa shape index (κ3) is 3.94. The predicted molar refractivity (Wildman–Crippen MR) is 106 cm³/mol. The van der Waals surface area contributed by atoms with E-state index in [-0.39, 0.29) is 6.10 Å². The minimum atomic E-state index is -0.0265. The van der Waals surface area contributed by atoms with Gasteiger partial charge in [0.15, 0.2) is 11.5 Å². The van der Waals surface area contributed by atoms with Crippen LogP contribution in [0.25, 0.3) is 10.9 Å². The molecule has 0 amide bonds. The molecule has 1 aliphatic heterocycles. The average molecular weight is 385 g/mol. The highest BCUT2D eigenvalue weighted by Crippen LogP contribution is 2.31. The van der Waals surface area contributed by atoms with E-state index in [1.807, 2.05) is 49.5 Å². The number of likely N-dealkylation sites (N-methyl/N-ethyl adjacent to an activating group) is 1. The van der Waals surface area contributed by atoms with E-state index in [0.717, 1.165) is 40.3 Å². The van der Waals surface area contributed by atoms with Crippen LogP contribution in [0.5, 0.6) is 17.2 Å². The molecule has 4 rings (SSSR count). The number of para-hydroxylation sites is 2. The lowest BCUT2D eigenvalue weighted by Crippen LogP contribution is -2.39. The highest BCUT2D eigenvalue weighted by atomic mass is 35.5. The van der Waals surface area contributed by atoms with Crippen molar-refractivity contribution >= 4 is 22.5 Å². The van der Waals surface area contributed by atoms with Crippen LogP contribution in [0.2, 0.25) is 5.15 Å². The Hall–Kier alpha value is -2.50. The van der Waals surface area contributed by atoms with Crippen LogP contribution in [0, 0.1) is 0 Å². The molecule has 1 unspecified atom stereocenters. The van der Waals surface area contributed by atoms with Gasteiger partial charge in [-0.1, -0.05) is 23.7 Å². The van der Waals surface area contributed by atoms with Gasteiger partial charge in [0.1, 0.15) is 23.6 Å². The molecule has 1 atom stereocenters. The van der Waals surface area contributed by atoms with Crippen molar-refractivity contribution in [3.8, 4) is 17.2 Å². The Bertz CT molecular complexity index is 963. The molecule has 0 fully saturated rings. The predicted octanol–water partition coefficient (Wildman–Crippen LogP) is 4.17. The monoisotopic (exact) mass is 384 g/mol. The van der Waals surface area contributed by atoms with Crippen LogP contribution in [-0.2, 0) is 6.54 Å². The van der Waals surface area contributed by atoms with Gasteiger partial charge in [-0.25, -0.2) is 4.98 Å². The zero-order valence-electron chi connectivity index (χ0n) is 15.3. The van der Waals surface area contributed by atoms with Crippen LogP contribution in [0.4, 0.5) is 0 Å². The number of nitrogens with zero attached hydrogens (tertiary/aromatic N) is 2. The first-order valence-corrected chi connectivity index (χ1v) is 9.20. The number of benzene rings is 2. The van der Waals surface area contributed by atoms with Crippen LogP contribution in [0.1, 0.15) is 5.56 Å². The Morgan fingerprint density at radius 1 is 1.19 bits per heavy atom. The third-order valence-electron chi connectivity index (χ3n) is 4.57. The van der Waals surface area contributed by atoms with Crippen LogP contribution < -0.4 is 14.2 Å². The van der Waals surface area contributed by atoms with Crippen LogP contribution in [0.3, 0.4) is 0 Å². The quantitative estimate of drug-likeness (QED) is 0.618. The molecule has 0 bridgehead atoms. The van der Waals surface area contributed by atoms with E-state index >= 15 is 0 Å². The van der Waals surface area contributed by atoms with Gasteiger partial charge in [0.2, 0.25) is 0 Å². The molecule has 0 saturated carbocycles. The van der Waals surface area contributed by atoms with Crippen LogP contribution in [0.15, 0.2) is 48.5 Å². The maximum Gasteiger partial charge on any atom is 0.161 e. The third-order valence-corrected chi connectivity index (χ3v) is 4.90. The summed E-state index contributed by atoms with van der Waals surface area (Å²) >= 11 is 6.42. The van der Waals surface area contributed by atoms with Crippen molar-refractivity contribution in [3.05, 3.63) is 59.2 Å². The number of ether oxygens (including phenoxy) is 3. The molecule has 2 heterocycles. The molecule has 0 N–H and O–H groups in total. The largest absolute Gasteiger partial charge is 0.497 e. The van der Waals surface area contributed by atoms with Gasteiger partial charge in [-0.2, -0.15) is 0 Å². The molecule has 3 aromatic rings. The molecule has 140 valence electrons. The van der Waals surface area contributed by atoms with E-state index < -0.39 is 0 Å². The Labute approximate surface area is 163 Å². The highest BCUT2D eigenvalue weighted by Gasteiger charge is 2.22. The van der Waals surface area contributed by atoms with E-state index in [1.165, 1.54) is 0 Å². The van der Waals surface area contributed by atoms with Crippen molar-refractivity contribution in [2.24, 2.45) is 0 Å².